The maximum absolute atomic E-state index is 2.27. The van der Waals surface area contributed by atoms with Gasteiger partial charge in [0.2, 0.25) is 0 Å². The zero-order valence-corrected chi connectivity index (χ0v) is 7.32. The van der Waals surface area contributed by atoms with Gasteiger partial charge in [-0.25, -0.2) is 0 Å². The van der Waals surface area contributed by atoms with Gasteiger partial charge in [0.05, 0.1) is 0 Å². The lowest BCUT2D eigenvalue weighted by molar-refractivity contribution is 1.10. The zero-order valence-electron chi connectivity index (χ0n) is 7.32. The summed E-state index contributed by atoms with van der Waals surface area (Å²) in [6, 6.07) is 0. The van der Waals surface area contributed by atoms with Crippen molar-refractivity contribution in [1.29, 1.82) is 0 Å². The predicted molar refractivity (Wildman–Crippen MR) is 54.7 cm³/mol. The zero-order chi connectivity index (χ0) is 8.49. The van der Waals surface area contributed by atoms with E-state index in [-0.39, 0.29) is 0 Å². The average Bonchev–Trinajstić information content (AvgIpc) is 2.05. The largest absolute Gasteiger partial charge is 0.0879 e. The van der Waals surface area contributed by atoms with Crippen LogP contribution in [0, 0.1) is 6.42 Å². The van der Waals surface area contributed by atoms with Crippen LogP contribution in [0.15, 0.2) is 48.6 Å². The molecule has 0 nitrogen and oxygen atoms in total. The van der Waals surface area contributed by atoms with Crippen LogP contribution in [0.3, 0.4) is 0 Å². The van der Waals surface area contributed by atoms with Crippen LogP contribution in [-0.2, 0) is 0 Å². The summed E-state index contributed by atoms with van der Waals surface area (Å²) in [6.07, 6.45) is 22.5. The Kier molecular flexibility index (Phi) is 5.02. The summed E-state index contributed by atoms with van der Waals surface area (Å²) in [5.41, 5.74) is 0. The van der Waals surface area contributed by atoms with E-state index in [2.05, 4.69) is 55.0 Å². The molecule has 0 atom stereocenters. The van der Waals surface area contributed by atoms with Gasteiger partial charge in [0, 0.05) is 0 Å². The molecule has 0 saturated carbocycles. The van der Waals surface area contributed by atoms with Gasteiger partial charge in [-0.05, 0) is 25.7 Å². The van der Waals surface area contributed by atoms with E-state index in [0.29, 0.717) is 0 Å². The standard InChI is InChI=1S/C12H15/c1-2-4-6-8-10-12-11-9-7-5-3-1/h1-6,9-11H,7-8,12H2/b2-1-,5-3+,6-4+,11-9+. The smallest absolute Gasteiger partial charge is 0.0166 e. The fraction of sp³-hybridized carbons (Fsp3) is 0.250. The van der Waals surface area contributed by atoms with Gasteiger partial charge in [-0.1, -0.05) is 48.6 Å². The van der Waals surface area contributed by atoms with Crippen molar-refractivity contribution in [3.63, 3.8) is 0 Å². The van der Waals surface area contributed by atoms with Gasteiger partial charge in [0.15, 0.2) is 0 Å². The van der Waals surface area contributed by atoms with Crippen LogP contribution in [0.4, 0.5) is 0 Å². The van der Waals surface area contributed by atoms with Crippen LogP contribution >= 0.6 is 0 Å². The summed E-state index contributed by atoms with van der Waals surface area (Å²) in [4.78, 5) is 0. The lowest BCUT2D eigenvalue weighted by Crippen LogP contribution is -1.71. The first-order valence-electron chi connectivity index (χ1n) is 4.45. The fourth-order valence-electron chi connectivity index (χ4n) is 1.00. The molecule has 0 amide bonds. The molecule has 12 heavy (non-hydrogen) atoms. The molecule has 0 aliphatic heterocycles. The third-order valence-corrected chi connectivity index (χ3v) is 1.65. The highest BCUT2D eigenvalue weighted by Crippen LogP contribution is 1.99. The van der Waals surface area contributed by atoms with Crippen molar-refractivity contribution in [2.24, 2.45) is 0 Å². The van der Waals surface area contributed by atoms with Crippen molar-refractivity contribution < 1.29 is 0 Å². The molecular formula is C12H15. The van der Waals surface area contributed by atoms with E-state index >= 15 is 0 Å². The van der Waals surface area contributed by atoms with Gasteiger partial charge in [-0.15, -0.1) is 0 Å². The molecule has 0 bridgehead atoms. The number of rotatable bonds is 0. The summed E-state index contributed by atoms with van der Waals surface area (Å²) >= 11 is 0. The molecule has 0 aromatic rings. The van der Waals surface area contributed by atoms with Gasteiger partial charge >= 0.3 is 0 Å². The second kappa shape index (κ2) is 6.66. The van der Waals surface area contributed by atoms with Crippen molar-refractivity contribution in [3.05, 3.63) is 55.0 Å². The first kappa shape index (κ1) is 9.05. The topological polar surface area (TPSA) is 0 Å². The molecule has 0 aromatic heterocycles. The van der Waals surface area contributed by atoms with E-state index < -0.39 is 0 Å². The molecule has 1 radical (unpaired) electrons. The maximum Gasteiger partial charge on any atom is -0.0166 e. The SMILES string of the molecule is [CH]1C/C=C/C=C\C=C\C/C=C/C1. The molecule has 0 heterocycles. The van der Waals surface area contributed by atoms with Crippen molar-refractivity contribution in [1.82, 2.24) is 0 Å². The number of hydrogen-bond acceptors (Lipinski definition) is 0. The minimum absolute atomic E-state index is 1.04. The Morgan fingerprint density at radius 3 is 1.92 bits per heavy atom. The average molecular weight is 159 g/mol. The molecule has 0 N–H and O–H groups in total. The summed E-state index contributed by atoms with van der Waals surface area (Å²) in [5.74, 6) is 0. The molecule has 0 fully saturated rings. The Morgan fingerprint density at radius 2 is 1.08 bits per heavy atom. The van der Waals surface area contributed by atoms with Crippen molar-refractivity contribution >= 4 is 0 Å². The van der Waals surface area contributed by atoms with Crippen molar-refractivity contribution in [3.8, 4) is 0 Å². The Bertz CT molecular complexity index is 204. The van der Waals surface area contributed by atoms with Crippen LogP contribution in [-0.4, -0.2) is 0 Å². The van der Waals surface area contributed by atoms with Crippen LogP contribution in [0.1, 0.15) is 19.3 Å². The maximum atomic E-state index is 2.27. The van der Waals surface area contributed by atoms with Gasteiger partial charge in [-0.3, -0.25) is 0 Å². The van der Waals surface area contributed by atoms with Crippen molar-refractivity contribution in [2.75, 3.05) is 0 Å². The Labute approximate surface area is 75.0 Å². The third kappa shape index (κ3) is 4.73. The minimum Gasteiger partial charge on any atom is -0.0879 e. The molecule has 1 aliphatic carbocycles. The van der Waals surface area contributed by atoms with Crippen LogP contribution in [0.5, 0.6) is 0 Å². The molecule has 1 aliphatic rings. The highest BCUT2D eigenvalue weighted by molar-refractivity contribution is 5.13. The summed E-state index contributed by atoms with van der Waals surface area (Å²) in [6.45, 7) is 0. The molecular weight excluding hydrogens is 144 g/mol. The van der Waals surface area contributed by atoms with Gasteiger partial charge in [0.1, 0.15) is 0 Å². The first-order chi connectivity index (χ1) is 6.00. The first-order valence-corrected chi connectivity index (χ1v) is 4.45. The van der Waals surface area contributed by atoms with E-state index in [1.54, 1.807) is 0 Å². The Hall–Kier alpha value is -1.04. The molecule has 63 valence electrons. The lowest BCUT2D eigenvalue weighted by Gasteiger charge is -1.89. The number of hydrogen-bond donors (Lipinski definition) is 0. The number of allylic oxidation sites excluding steroid dienone is 8. The normalized spacial score (nSPS) is 29.3. The van der Waals surface area contributed by atoms with Gasteiger partial charge in [0.25, 0.3) is 0 Å². The van der Waals surface area contributed by atoms with Gasteiger partial charge < -0.3 is 0 Å². The Balaban J connectivity index is 2.42. The molecule has 0 aromatic carbocycles. The van der Waals surface area contributed by atoms with Crippen molar-refractivity contribution in [2.45, 2.75) is 19.3 Å². The van der Waals surface area contributed by atoms with E-state index in [4.69, 9.17) is 0 Å². The van der Waals surface area contributed by atoms with E-state index in [0.717, 1.165) is 19.3 Å². The summed E-state index contributed by atoms with van der Waals surface area (Å²) in [5, 5.41) is 0. The van der Waals surface area contributed by atoms with Crippen LogP contribution in [0.2, 0.25) is 0 Å². The monoisotopic (exact) mass is 159 g/mol. The molecule has 0 saturated heterocycles. The summed E-state index contributed by atoms with van der Waals surface area (Å²) in [7, 11) is 0. The highest BCUT2D eigenvalue weighted by atomic mass is 13.9. The van der Waals surface area contributed by atoms with E-state index in [1.165, 1.54) is 0 Å². The fourth-order valence-corrected chi connectivity index (χ4v) is 1.00. The molecule has 0 heteroatoms. The van der Waals surface area contributed by atoms with Gasteiger partial charge in [-0.2, -0.15) is 0 Å². The summed E-state index contributed by atoms with van der Waals surface area (Å²) < 4.78 is 0. The Morgan fingerprint density at radius 1 is 0.500 bits per heavy atom. The molecule has 0 spiro atoms. The van der Waals surface area contributed by atoms with Crippen LogP contribution < -0.4 is 0 Å². The second-order valence-electron chi connectivity index (χ2n) is 2.71. The highest BCUT2D eigenvalue weighted by Gasteiger charge is 1.80. The van der Waals surface area contributed by atoms with E-state index in [1.807, 2.05) is 0 Å². The van der Waals surface area contributed by atoms with Crippen LogP contribution in [0.25, 0.3) is 0 Å². The minimum atomic E-state index is 1.04. The molecule has 1 rings (SSSR count). The third-order valence-electron chi connectivity index (χ3n) is 1.65. The second-order valence-corrected chi connectivity index (χ2v) is 2.71. The molecule has 0 unspecified atom stereocenters. The van der Waals surface area contributed by atoms with E-state index in [9.17, 15) is 0 Å². The lowest BCUT2D eigenvalue weighted by atomic mass is 10.2. The quantitative estimate of drug-likeness (QED) is 0.474. The predicted octanol–water partition coefficient (Wildman–Crippen LogP) is 3.60.